The molecule has 1 unspecified atom stereocenters. The first-order chi connectivity index (χ1) is 17.9. The lowest BCUT2D eigenvalue weighted by atomic mass is 9.78. The third kappa shape index (κ3) is 4.52. The Bertz CT molecular complexity index is 1130. The smallest absolute Gasteiger partial charge is 0.311 e. The Kier molecular flexibility index (Phi) is 7.50. The summed E-state index contributed by atoms with van der Waals surface area (Å²) in [6.45, 7) is 5.15. The Hall–Kier alpha value is -2.58. The maximum absolute atomic E-state index is 14.4. The number of allylic oxidation sites excluding steroid dienone is 1. The van der Waals surface area contributed by atoms with Crippen LogP contribution in [0.4, 0.5) is 5.69 Å². The Morgan fingerprint density at radius 2 is 1.95 bits per heavy atom. The molecule has 1 aromatic carbocycles. The van der Waals surface area contributed by atoms with Crippen LogP contribution in [0.1, 0.15) is 43.2 Å². The summed E-state index contributed by atoms with van der Waals surface area (Å²) in [7, 11) is 0. The van der Waals surface area contributed by atoms with Gasteiger partial charge in [0.05, 0.1) is 23.2 Å². The summed E-state index contributed by atoms with van der Waals surface area (Å²) in [6.07, 6.45) is 12.0. The summed E-state index contributed by atoms with van der Waals surface area (Å²) in [4.78, 5) is 45.4. The second kappa shape index (κ2) is 10.7. The lowest BCUT2D eigenvalue weighted by Crippen LogP contribution is -2.53. The highest BCUT2D eigenvalue weighted by atomic mass is 32.2. The first-order valence-electron chi connectivity index (χ1n) is 13.4. The number of aliphatic hydroxyl groups is 1. The molecule has 0 radical (unpaired) electrons. The predicted molar refractivity (Wildman–Crippen MR) is 144 cm³/mol. The average Bonchev–Trinajstić information content (AvgIpc) is 3.26. The monoisotopic (exact) mass is 524 g/mol. The van der Waals surface area contributed by atoms with Crippen molar-refractivity contribution in [3.8, 4) is 0 Å². The number of anilines is 1. The number of likely N-dealkylation sites (tertiary alicyclic amines) is 1. The van der Waals surface area contributed by atoms with Crippen LogP contribution in [-0.2, 0) is 19.1 Å². The zero-order chi connectivity index (χ0) is 26.2. The Labute approximate surface area is 222 Å². The van der Waals surface area contributed by atoms with Gasteiger partial charge in [-0.3, -0.25) is 14.4 Å². The lowest BCUT2D eigenvalue weighted by Gasteiger charge is -2.35. The van der Waals surface area contributed by atoms with E-state index in [9.17, 15) is 19.5 Å². The second-order valence-electron chi connectivity index (χ2n) is 10.5. The van der Waals surface area contributed by atoms with Gasteiger partial charge in [-0.1, -0.05) is 36.4 Å². The summed E-state index contributed by atoms with van der Waals surface area (Å²) in [5.74, 6) is -1.93. The number of carbonyl (C=O) groups excluding carboxylic acids is 3. The molecule has 7 nitrogen and oxygen atoms in total. The highest BCUT2D eigenvalue weighted by molar-refractivity contribution is 8.02. The van der Waals surface area contributed by atoms with E-state index in [4.69, 9.17) is 4.74 Å². The van der Waals surface area contributed by atoms with Crippen molar-refractivity contribution in [2.75, 3.05) is 31.2 Å². The molecule has 4 aliphatic heterocycles. The van der Waals surface area contributed by atoms with Crippen LogP contribution < -0.4 is 4.90 Å². The zero-order valence-electron chi connectivity index (χ0n) is 21.6. The number of rotatable bonds is 5. The van der Waals surface area contributed by atoms with Gasteiger partial charge in [-0.25, -0.2) is 0 Å². The number of unbranched alkanes of at least 4 members (excludes halogenated alkanes) is 1. The average molecular weight is 525 g/mol. The van der Waals surface area contributed by atoms with Crippen LogP contribution >= 0.6 is 11.8 Å². The van der Waals surface area contributed by atoms with Gasteiger partial charge in [-0.15, -0.1) is 11.8 Å². The van der Waals surface area contributed by atoms with E-state index < -0.39 is 22.6 Å². The molecular formula is C29H36N2O5S. The summed E-state index contributed by atoms with van der Waals surface area (Å²) < 4.78 is 4.81. The number of ether oxygens (including phenoxy) is 1. The fourth-order valence-corrected chi connectivity index (χ4v) is 8.28. The largest absolute Gasteiger partial charge is 0.465 e. The fraction of sp³-hybridized carbons (Fsp3) is 0.552. The van der Waals surface area contributed by atoms with E-state index in [1.807, 2.05) is 44.2 Å². The number of cyclic esters (lactones) is 1. The van der Waals surface area contributed by atoms with Crippen molar-refractivity contribution >= 4 is 35.2 Å². The fourth-order valence-electron chi connectivity index (χ4n) is 6.28. The highest BCUT2D eigenvalue weighted by Gasteiger charge is 2.70. The van der Waals surface area contributed by atoms with Gasteiger partial charge in [0.1, 0.15) is 6.04 Å². The van der Waals surface area contributed by atoms with E-state index >= 15 is 0 Å². The van der Waals surface area contributed by atoms with Crippen molar-refractivity contribution in [2.24, 2.45) is 11.8 Å². The van der Waals surface area contributed by atoms with Gasteiger partial charge in [0.15, 0.2) is 0 Å². The first kappa shape index (κ1) is 26.0. The Balaban J connectivity index is 1.60. The third-order valence-electron chi connectivity index (χ3n) is 8.06. The number of fused-ring (bicyclic) bond motifs is 2. The van der Waals surface area contributed by atoms with Crippen molar-refractivity contribution in [1.82, 2.24) is 4.90 Å². The third-order valence-corrected chi connectivity index (χ3v) is 9.81. The molecule has 4 heterocycles. The number of thioether (sulfide) groups is 1. The van der Waals surface area contributed by atoms with Gasteiger partial charge >= 0.3 is 5.97 Å². The zero-order valence-corrected chi connectivity index (χ0v) is 22.4. The van der Waals surface area contributed by atoms with Crippen LogP contribution in [0.25, 0.3) is 0 Å². The van der Waals surface area contributed by atoms with Gasteiger partial charge in [0, 0.05) is 30.6 Å². The number of nitrogens with zero attached hydrogens (tertiary/aromatic N) is 2. The van der Waals surface area contributed by atoms with E-state index in [1.165, 1.54) is 0 Å². The van der Waals surface area contributed by atoms with Gasteiger partial charge in [-0.05, 0) is 63.1 Å². The van der Waals surface area contributed by atoms with Crippen molar-refractivity contribution in [2.45, 2.75) is 62.0 Å². The summed E-state index contributed by atoms with van der Waals surface area (Å²) in [5.41, 5.74) is 2.90. The molecule has 1 N–H and O–H groups in total. The quantitative estimate of drug-likeness (QED) is 0.360. The van der Waals surface area contributed by atoms with E-state index in [0.717, 1.165) is 36.1 Å². The van der Waals surface area contributed by atoms with E-state index in [-0.39, 0.29) is 29.6 Å². The maximum Gasteiger partial charge on any atom is 0.311 e. The molecular weight excluding hydrogens is 488 g/mol. The number of amides is 2. The number of esters is 1. The van der Waals surface area contributed by atoms with E-state index in [0.29, 0.717) is 32.5 Å². The molecule has 5 atom stereocenters. The topological polar surface area (TPSA) is 87.2 Å². The molecule has 0 saturated carbocycles. The summed E-state index contributed by atoms with van der Waals surface area (Å²) >= 11 is 1.57. The summed E-state index contributed by atoms with van der Waals surface area (Å²) in [5, 5.41) is 9.15. The molecule has 1 aromatic rings. The molecule has 5 rings (SSSR count). The van der Waals surface area contributed by atoms with Crippen molar-refractivity contribution in [3.63, 3.8) is 0 Å². The van der Waals surface area contributed by atoms with Gasteiger partial charge in [0.2, 0.25) is 5.91 Å². The van der Waals surface area contributed by atoms with E-state index in [1.54, 1.807) is 21.6 Å². The molecule has 4 aliphatic rings. The number of aryl methyl sites for hydroxylation is 2. The van der Waals surface area contributed by atoms with Crippen LogP contribution in [0, 0.1) is 25.7 Å². The van der Waals surface area contributed by atoms with Crippen LogP contribution in [0.2, 0.25) is 0 Å². The minimum absolute atomic E-state index is 0.0281. The number of aliphatic hydroxyl groups excluding tert-OH is 1. The molecule has 2 fully saturated rings. The Morgan fingerprint density at radius 1 is 1.11 bits per heavy atom. The normalized spacial score (nSPS) is 32.5. The molecule has 2 amide bonds. The molecule has 8 heteroatoms. The maximum atomic E-state index is 14.4. The Morgan fingerprint density at radius 3 is 2.76 bits per heavy atom. The van der Waals surface area contributed by atoms with Gasteiger partial charge in [-0.2, -0.15) is 0 Å². The van der Waals surface area contributed by atoms with Crippen LogP contribution in [0.5, 0.6) is 0 Å². The van der Waals surface area contributed by atoms with Crippen LogP contribution in [0.15, 0.2) is 42.5 Å². The number of hydrogen-bond acceptors (Lipinski definition) is 6. The molecule has 1 spiro atoms. The molecule has 2 saturated heterocycles. The number of hydrogen-bond donors (Lipinski definition) is 1. The minimum atomic E-state index is -0.855. The molecule has 198 valence electrons. The van der Waals surface area contributed by atoms with E-state index in [2.05, 4.69) is 12.2 Å². The highest BCUT2D eigenvalue weighted by Crippen LogP contribution is 2.60. The van der Waals surface area contributed by atoms with Crippen LogP contribution in [-0.4, -0.2) is 70.1 Å². The molecule has 37 heavy (non-hydrogen) atoms. The van der Waals surface area contributed by atoms with Gasteiger partial charge < -0.3 is 19.6 Å². The SMILES string of the molecule is Cc1ccc(C)c(N2CC=C[C@]34S[C@@H]5/C=C\CCCCOC(=O)[C@@H]5[C@H]3C(=O)N(CCCCO)C4C2=O)c1. The predicted octanol–water partition coefficient (Wildman–Crippen LogP) is 3.56. The standard InChI is InChI=1S/C29H36N2O5S/c1-19-11-12-20(2)21(18-19)30-15-9-13-29-24(26(33)31(14-6-7-16-32)25(29)27(30)34)23-22(37-29)10-5-3-4-8-17-36-28(23)35/h5,9-13,18,22-25,32H,3-4,6-8,14-17H2,1-2H3/b10-5-/t22-,23+,24+,25?,29+/m1/s1. The van der Waals surface area contributed by atoms with Crippen molar-refractivity contribution < 1.29 is 24.2 Å². The van der Waals surface area contributed by atoms with Gasteiger partial charge in [0.25, 0.3) is 5.91 Å². The van der Waals surface area contributed by atoms with Crippen molar-refractivity contribution in [1.29, 1.82) is 0 Å². The summed E-state index contributed by atoms with van der Waals surface area (Å²) in [6, 6.07) is 5.34. The minimum Gasteiger partial charge on any atom is -0.465 e. The molecule has 0 aromatic heterocycles. The number of benzene rings is 1. The second-order valence-corrected chi connectivity index (χ2v) is 12.0. The first-order valence-corrected chi connectivity index (χ1v) is 14.3. The van der Waals surface area contributed by atoms with Crippen LogP contribution in [0.3, 0.4) is 0 Å². The lowest BCUT2D eigenvalue weighted by molar-refractivity contribution is -0.153. The number of carbonyl (C=O) groups is 3. The molecule has 0 aliphatic carbocycles. The van der Waals surface area contributed by atoms with Crippen molar-refractivity contribution in [3.05, 3.63) is 53.6 Å². The molecule has 0 bridgehead atoms.